The van der Waals surface area contributed by atoms with Crippen LogP contribution in [0.25, 0.3) is 22.4 Å². The molecule has 0 fully saturated rings. The van der Waals surface area contributed by atoms with Gasteiger partial charge in [0.15, 0.2) is 6.20 Å². The third-order valence-corrected chi connectivity index (χ3v) is 4.46. The predicted octanol–water partition coefficient (Wildman–Crippen LogP) is 5.66. The van der Waals surface area contributed by atoms with Crippen molar-refractivity contribution >= 4 is 0 Å². The molecule has 0 saturated heterocycles. The van der Waals surface area contributed by atoms with Crippen LogP contribution in [-0.2, 0) is 13.4 Å². The van der Waals surface area contributed by atoms with Gasteiger partial charge in [-0.2, -0.15) is 0 Å². The Morgan fingerprint density at radius 2 is 1.80 bits per heavy atom. The minimum atomic E-state index is -2.77. The van der Waals surface area contributed by atoms with E-state index in [2.05, 4.69) is 25.1 Å². The van der Waals surface area contributed by atoms with E-state index in [1.165, 1.54) is 0 Å². The molecule has 0 spiro atoms. The van der Waals surface area contributed by atoms with Crippen LogP contribution >= 0.6 is 0 Å². The van der Waals surface area contributed by atoms with Crippen molar-refractivity contribution in [3.8, 4) is 22.4 Å². The minimum Gasteiger partial charge on any atom is -0.201 e. The number of rotatable bonds is 4. The number of nitrogens with zero attached hydrogens (tertiary/aromatic N) is 1. The van der Waals surface area contributed by atoms with E-state index in [-0.39, 0.29) is 5.56 Å². The molecule has 1 atom stereocenters. The van der Waals surface area contributed by atoms with Crippen molar-refractivity contribution in [1.82, 2.24) is 0 Å². The Morgan fingerprint density at radius 1 is 1.04 bits per heavy atom. The highest BCUT2D eigenvalue weighted by atomic mass is 14.9. The van der Waals surface area contributed by atoms with Gasteiger partial charge in [-0.1, -0.05) is 50.2 Å². The van der Waals surface area contributed by atoms with Gasteiger partial charge in [-0.05, 0) is 60.0 Å². The third kappa shape index (κ3) is 3.82. The van der Waals surface area contributed by atoms with Crippen molar-refractivity contribution in [3.05, 3.63) is 77.5 Å². The zero-order chi connectivity index (χ0) is 23.2. The summed E-state index contributed by atoms with van der Waals surface area (Å²) in [6.07, 6.45) is -0.404. The molecular formula is C24H28N+. The smallest absolute Gasteiger partial charge is 0.201 e. The number of benzene rings is 2. The van der Waals surface area contributed by atoms with Gasteiger partial charge in [-0.25, -0.2) is 4.57 Å². The normalized spacial score (nSPS) is 18.1. The van der Waals surface area contributed by atoms with Crippen LogP contribution in [0.2, 0.25) is 0 Å². The molecule has 0 radical (unpaired) electrons. The summed E-state index contributed by atoms with van der Waals surface area (Å²) in [7, 11) is 1.98. The molecule has 0 bridgehead atoms. The van der Waals surface area contributed by atoms with Gasteiger partial charge in [-0.15, -0.1) is 0 Å². The van der Waals surface area contributed by atoms with Crippen LogP contribution in [0.1, 0.15) is 38.7 Å². The maximum atomic E-state index is 8.58. The van der Waals surface area contributed by atoms with Gasteiger partial charge in [0, 0.05) is 25.9 Å². The summed E-state index contributed by atoms with van der Waals surface area (Å²) < 4.78 is 50.6. The zero-order valence-electron chi connectivity index (χ0n) is 21.2. The van der Waals surface area contributed by atoms with Crippen molar-refractivity contribution in [1.29, 1.82) is 0 Å². The van der Waals surface area contributed by atoms with Gasteiger partial charge in [0.05, 0.1) is 0 Å². The second-order valence-electron chi connectivity index (χ2n) is 6.51. The first kappa shape index (κ1) is 11.3. The van der Waals surface area contributed by atoms with Gasteiger partial charge in [-0.3, -0.25) is 0 Å². The molecule has 1 unspecified atom stereocenters. The molecule has 25 heavy (non-hydrogen) atoms. The monoisotopic (exact) mass is 336 g/mol. The van der Waals surface area contributed by atoms with Gasteiger partial charge >= 0.3 is 0 Å². The van der Waals surface area contributed by atoms with E-state index in [4.69, 9.17) is 8.22 Å². The second-order valence-corrected chi connectivity index (χ2v) is 6.51. The van der Waals surface area contributed by atoms with E-state index >= 15 is 0 Å². The largest absolute Gasteiger partial charge is 0.213 e. The standard InChI is InChI=1S/C24H28N/c1-17(2)14-22-15-20(11-10-18(22)3)21-12-13-25(5)24(16-21)23-9-7-6-8-19(23)4/h6-13,15-17H,14H2,1-5H3/q+1/i1D3,14D2,17D. The highest BCUT2D eigenvalue weighted by molar-refractivity contribution is 5.70. The lowest BCUT2D eigenvalue weighted by molar-refractivity contribution is -0.660. The summed E-state index contributed by atoms with van der Waals surface area (Å²) in [5, 5.41) is 0. The van der Waals surface area contributed by atoms with Gasteiger partial charge < -0.3 is 0 Å². The summed E-state index contributed by atoms with van der Waals surface area (Å²) in [4.78, 5) is 0. The minimum absolute atomic E-state index is 0.226. The SMILES string of the molecule is [2H]C([2H])([2H])C([2H])(C)C([2H])([2H])c1cc(-c2cc[n+](C)c(-c3ccccc3C)c2)ccc1C. The van der Waals surface area contributed by atoms with Crippen molar-refractivity contribution in [2.45, 2.75) is 34.0 Å². The molecule has 0 amide bonds. The molecule has 1 heterocycles. The highest BCUT2D eigenvalue weighted by Gasteiger charge is 2.14. The predicted molar refractivity (Wildman–Crippen MR) is 107 cm³/mol. The first-order valence-corrected chi connectivity index (χ1v) is 8.44. The Kier molecular flexibility index (Phi) is 3.25. The van der Waals surface area contributed by atoms with E-state index in [1.807, 2.05) is 42.1 Å². The van der Waals surface area contributed by atoms with Crippen LogP contribution in [0.5, 0.6) is 0 Å². The molecule has 0 N–H and O–H groups in total. The summed E-state index contributed by atoms with van der Waals surface area (Å²) in [5.74, 6) is -2.29. The topological polar surface area (TPSA) is 3.88 Å². The van der Waals surface area contributed by atoms with Crippen molar-refractivity contribution < 1.29 is 12.8 Å². The second kappa shape index (κ2) is 7.23. The van der Waals surface area contributed by atoms with Crippen LogP contribution in [0, 0.1) is 19.7 Å². The van der Waals surface area contributed by atoms with E-state index in [0.29, 0.717) is 5.56 Å². The lowest BCUT2D eigenvalue weighted by Gasteiger charge is -2.12. The quantitative estimate of drug-likeness (QED) is 0.541. The highest BCUT2D eigenvalue weighted by Crippen LogP contribution is 2.27. The molecule has 3 rings (SSSR count). The summed E-state index contributed by atoms with van der Waals surface area (Å²) in [6, 6.07) is 17.5. The Morgan fingerprint density at radius 3 is 2.56 bits per heavy atom. The molecule has 1 heteroatoms. The number of hydrogen-bond acceptors (Lipinski definition) is 0. The fraction of sp³-hybridized carbons (Fsp3) is 0.292. The average Bonchev–Trinajstić information content (AvgIpc) is 2.68. The molecule has 128 valence electrons. The van der Waals surface area contributed by atoms with Crippen LogP contribution in [0.15, 0.2) is 60.8 Å². The van der Waals surface area contributed by atoms with Crippen LogP contribution in [-0.4, -0.2) is 0 Å². The average molecular weight is 337 g/mol. The maximum absolute atomic E-state index is 8.58. The van der Waals surface area contributed by atoms with Crippen molar-refractivity contribution in [3.63, 3.8) is 0 Å². The van der Waals surface area contributed by atoms with Crippen molar-refractivity contribution in [2.24, 2.45) is 12.9 Å². The van der Waals surface area contributed by atoms with Crippen molar-refractivity contribution in [2.75, 3.05) is 0 Å². The van der Waals surface area contributed by atoms with E-state index in [1.54, 1.807) is 19.1 Å². The van der Waals surface area contributed by atoms with Crippen LogP contribution < -0.4 is 4.57 Å². The van der Waals surface area contributed by atoms with E-state index in [9.17, 15) is 0 Å². The van der Waals surface area contributed by atoms with Crippen LogP contribution in [0.3, 0.4) is 0 Å². The lowest BCUT2D eigenvalue weighted by Crippen LogP contribution is -2.30. The fourth-order valence-corrected chi connectivity index (χ4v) is 3.02. The van der Waals surface area contributed by atoms with Gasteiger partial charge in [0.2, 0.25) is 5.69 Å². The lowest BCUT2D eigenvalue weighted by atomic mass is 9.94. The maximum Gasteiger partial charge on any atom is 0.213 e. The number of hydrogen-bond donors (Lipinski definition) is 0. The summed E-state index contributed by atoms with van der Waals surface area (Å²) >= 11 is 0. The van der Waals surface area contributed by atoms with Gasteiger partial charge in [0.25, 0.3) is 0 Å². The molecule has 1 nitrogen and oxygen atoms in total. The number of pyridine rings is 1. The Balaban J connectivity index is 2.15. The van der Waals surface area contributed by atoms with Gasteiger partial charge in [0.1, 0.15) is 7.05 Å². The number of aryl methyl sites for hydroxylation is 3. The molecule has 2 aromatic carbocycles. The number of aromatic nitrogens is 1. The first-order valence-electron chi connectivity index (χ1n) is 11.4. The molecular weight excluding hydrogens is 302 g/mol. The third-order valence-electron chi connectivity index (χ3n) is 4.46. The molecule has 1 aromatic heterocycles. The summed E-state index contributed by atoms with van der Waals surface area (Å²) in [5.41, 5.74) is 5.81. The first-order chi connectivity index (χ1) is 14.3. The molecule has 0 saturated carbocycles. The Labute approximate surface area is 160 Å². The molecule has 0 aliphatic heterocycles. The Bertz CT molecular complexity index is 1120. The van der Waals surface area contributed by atoms with E-state index < -0.39 is 19.1 Å². The zero-order valence-corrected chi connectivity index (χ0v) is 15.2. The fourth-order valence-electron chi connectivity index (χ4n) is 3.02. The van der Waals surface area contributed by atoms with Crippen LogP contribution in [0.4, 0.5) is 0 Å². The van der Waals surface area contributed by atoms with E-state index in [0.717, 1.165) is 34.9 Å². The Hall–Kier alpha value is -2.41. The molecule has 0 aliphatic rings. The molecule has 0 aliphatic carbocycles. The molecule has 3 aromatic rings. The summed E-state index contributed by atoms with van der Waals surface area (Å²) in [6.45, 7) is 2.18.